The third-order valence-electron chi connectivity index (χ3n) is 3.37. The van der Waals surface area contributed by atoms with Crippen molar-refractivity contribution in [2.45, 2.75) is 25.4 Å². The summed E-state index contributed by atoms with van der Waals surface area (Å²) in [5.41, 5.74) is 0.456. The van der Waals surface area contributed by atoms with Crippen LogP contribution in [0.15, 0.2) is 12.1 Å². The number of benzene rings is 1. The molecule has 5 heteroatoms. The van der Waals surface area contributed by atoms with Gasteiger partial charge in [0.25, 0.3) is 0 Å². The Bertz CT molecular complexity index is 494. The number of carbonyl (C=O) groups excluding carboxylic acids is 1. The van der Waals surface area contributed by atoms with Gasteiger partial charge < -0.3 is 14.2 Å². The first-order valence-electron chi connectivity index (χ1n) is 6.50. The van der Waals surface area contributed by atoms with Crippen molar-refractivity contribution in [2.75, 3.05) is 19.8 Å². The molecule has 0 N–H and O–H groups in total. The van der Waals surface area contributed by atoms with E-state index in [4.69, 9.17) is 25.8 Å². The number of fused-ring (bicyclic) bond motifs is 1. The van der Waals surface area contributed by atoms with Crippen molar-refractivity contribution in [1.29, 1.82) is 0 Å². The van der Waals surface area contributed by atoms with E-state index >= 15 is 0 Å². The molecule has 0 bridgehead atoms. The molecule has 19 heavy (non-hydrogen) atoms. The van der Waals surface area contributed by atoms with Gasteiger partial charge in [-0.3, -0.25) is 4.79 Å². The lowest BCUT2D eigenvalue weighted by Crippen LogP contribution is -2.28. The average molecular weight is 283 g/mol. The largest absolute Gasteiger partial charge is 0.486 e. The van der Waals surface area contributed by atoms with Crippen LogP contribution in [0.2, 0.25) is 5.02 Å². The molecule has 2 aliphatic heterocycles. The van der Waals surface area contributed by atoms with E-state index in [1.165, 1.54) is 0 Å². The molecule has 1 fully saturated rings. The van der Waals surface area contributed by atoms with Crippen LogP contribution in [-0.4, -0.2) is 31.7 Å². The van der Waals surface area contributed by atoms with Gasteiger partial charge in [-0.2, -0.15) is 0 Å². The van der Waals surface area contributed by atoms with Crippen LogP contribution in [0.4, 0.5) is 0 Å². The van der Waals surface area contributed by atoms with Crippen molar-refractivity contribution in [2.24, 2.45) is 0 Å². The molecule has 1 atom stereocenters. The van der Waals surface area contributed by atoms with Crippen LogP contribution in [0.3, 0.4) is 0 Å². The average Bonchev–Trinajstić information content (AvgIpc) is 2.47. The molecule has 4 nitrogen and oxygen atoms in total. The molecular formula is C14H15ClO4. The van der Waals surface area contributed by atoms with Gasteiger partial charge in [0.2, 0.25) is 0 Å². The highest BCUT2D eigenvalue weighted by Gasteiger charge is 2.27. The molecule has 1 saturated heterocycles. The van der Waals surface area contributed by atoms with E-state index in [1.807, 2.05) is 0 Å². The smallest absolute Gasteiger partial charge is 0.193 e. The molecule has 2 aliphatic rings. The fraction of sp³-hybridized carbons (Fsp3) is 0.500. The summed E-state index contributed by atoms with van der Waals surface area (Å²) in [7, 11) is 0. The van der Waals surface area contributed by atoms with Crippen molar-refractivity contribution in [3.63, 3.8) is 0 Å². The third-order valence-corrected chi connectivity index (χ3v) is 3.68. The first-order valence-corrected chi connectivity index (χ1v) is 6.88. The van der Waals surface area contributed by atoms with Gasteiger partial charge in [-0.1, -0.05) is 11.6 Å². The molecule has 0 saturated carbocycles. The van der Waals surface area contributed by atoms with Crippen LogP contribution in [0, 0.1) is 0 Å². The Balaban J connectivity index is 1.89. The predicted molar refractivity (Wildman–Crippen MR) is 70.4 cm³/mol. The maximum absolute atomic E-state index is 12.4. The minimum Gasteiger partial charge on any atom is -0.486 e. The van der Waals surface area contributed by atoms with Gasteiger partial charge in [0.1, 0.15) is 19.3 Å². The summed E-state index contributed by atoms with van der Waals surface area (Å²) < 4.78 is 16.4. The summed E-state index contributed by atoms with van der Waals surface area (Å²) in [6.45, 7) is 1.63. The van der Waals surface area contributed by atoms with E-state index in [0.717, 1.165) is 19.3 Å². The predicted octanol–water partition coefficient (Wildman–Crippen LogP) is 2.86. The topological polar surface area (TPSA) is 44.8 Å². The summed E-state index contributed by atoms with van der Waals surface area (Å²) in [5, 5.41) is 0.392. The molecule has 1 aromatic carbocycles. The van der Waals surface area contributed by atoms with E-state index in [2.05, 4.69) is 0 Å². The van der Waals surface area contributed by atoms with E-state index in [0.29, 0.717) is 41.9 Å². The van der Waals surface area contributed by atoms with Gasteiger partial charge in [-0.15, -0.1) is 0 Å². The normalized spacial score (nSPS) is 22.1. The lowest BCUT2D eigenvalue weighted by atomic mass is 9.99. The second-order valence-corrected chi connectivity index (χ2v) is 5.10. The molecular weight excluding hydrogens is 268 g/mol. The number of hydrogen-bond acceptors (Lipinski definition) is 4. The van der Waals surface area contributed by atoms with Crippen molar-refractivity contribution in [1.82, 2.24) is 0 Å². The van der Waals surface area contributed by atoms with Crippen molar-refractivity contribution in [3.05, 3.63) is 22.7 Å². The maximum Gasteiger partial charge on any atom is 0.193 e. The molecule has 0 radical (unpaired) electrons. The number of ether oxygens (including phenoxy) is 3. The van der Waals surface area contributed by atoms with Gasteiger partial charge in [0.05, 0.1) is 5.02 Å². The van der Waals surface area contributed by atoms with E-state index in [-0.39, 0.29) is 11.9 Å². The summed E-state index contributed by atoms with van der Waals surface area (Å²) in [4.78, 5) is 12.4. The molecule has 0 aromatic heterocycles. The van der Waals surface area contributed by atoms with Gasteiger partial charge in [0, 0.05) is 18.2 Å². The molecule has 0 spiro atoms. The van der Waals surface area contributed by atoms with Crippen LogP contribution >= 0.6 is 11.6 Å². The Labute approximate surface area is 116 Å². The minimum atomic E-state index is -0.381. The number of ketones is 1. The van der Waals surface area contributed by atoms with Crippen LogP contribution in [-0.2, 0) is 4.74 Å². The standard InChI is InChI=1S/C14H15ClO4/c15-10-8-13-12(18-5-6-19-13)7-9(10)14(16)11-3-1-2-4-17-11/h7-8,11H,1-6H2. The van der Waals surface area contributed by atoms with Crippen molar-refractivity contribution in [3.8, 4) is 11.5 Å². The van der Waals surface area contributed by atoms with Gasteiger partial charge in [-0.05, 0) is 25.3 Å². The third kappa shape index (κ3) is 2.55. The SMILES string of the molecule is O=C(c1cc2c(cc1Cl)OCCO2)C1CCCCO1. The number of hydrogen-bond donors (Lipinski definition) is 0. The maximum atomic E-state index is 12.4. The van der Waals surface area contributed by atoms with Crippen molar-refractivity contribution < 1.29 is 19.0 Å². The van der Waals surface area contributed by atoms with Gasteiger partial charge >= 0.3 is 0 Å². The highest BCUT2D eigenvalue weighted by molar-refractivity contribution is 6.34. The first-order chi connectivity index (χ1) is 9.25. The number of rotatable bonds is 2. The van der Waals surface area contributed by atoms with E-state index < -0.39 is 0 Å². The molecule has 2 heterocycles. The fourth-order valence-corrected chi connectivity index (χ4v) is 2.62. The number of carbonyl (C=O) groups is 1. The fourth-order valence-electron chi connectivity index (χ4n) is 2.37. The van der Waals surface area contributed by atoms with Crippen LogP contribution < -0.4 is 9.47 Å². The zero-order chi connectivity index (χ0) is 13.2. The Hall–Kier alpha value is -1.26. The molecule has 3 rings (SSSR count). The first kappa shape index (κ1) is 12.8. The van der Waals surface area contributed by atoms with Crippen molar-refractivity contribution >= 4 is 17.4 Å². The molecule has 102 valence electrons. The lowest BCUT2D eigenvalue weighted by molar-refractivity contribution is 0.0186. The number of halogens is 1. The number of Topliss-reactive ketones (excluding diaryl/α,β-unsaturated/α-hetero) is 1. The zero-order valence-corrected chi connectivity index (χ0v) is 11.2. The lowest BCUT2D eigenvalue weighted by Gasteiger charge is -2.23. The summed E-state index contributed by atoms with van der Waals surface area (Å²) in [6.07, 6.45) is 2.40. The van der Waals surface area contributed by atoms with Gasteiger partial charge in [-0.25, -0.2) is 0 Å². The van der Waals surface area contributed by atoms with E-state index in [9.17, 15) is 4.79 Å². The quantitative estimate of drug-likeness (QED) is 0.783. The Morgan fingerprint density at radius 1 is 1.11 bits per heavy atom. The minimum absolute atomic E-state index is 0.0679. The molecule has 1 aromatic rings. The Morgan fingerprint density at radius 3 is 2.53 bits per heavy atom. The second-order valence-electron chi connectivity index (χ2n) is 4.70. The van der Waals surface area contributed by atoms with Crippen LogP contribution in [0.1, 0.15) is 29.6 Å². The molecule has 0 amide bonds. The molecule has 1 unspecified atom stereocenters. The van der Waals surface area contributed by atoms with Crippen LogP contribution in [0.5, 0.6) is 11.5 Å². The molecule has 0 aliphatic carbocycles. The Morgan fingerprint density at radius 2 is 1.84 bits per heavy atom. The zero-order valence-electron chi connectivity index (χ0n) is 10.5. The summed E-state index contributed by atoms with van der Waals surface area (Å²) >= 11 is 6.16. The second kappa shape index (κ2) is 5.39. The summed E-state index contributed by atoms with van der Waals surface area (Å²) in [6, 6.07) is 3.31. The highest BCUT2D eigenvalue weighted by Crippen LogP contribution is 2.36. The van der Waals surface area contributed by atoms with Gasteiger partial charge in [0.15, 0.2) is 17.3 Å². The van der Waals surface area contributed by atoms with E-state index in [1.54, 1.807) is 12.1 Å². The summed E-state index contributed by atoms with van der Waals surface area (Å²) in [5.74, 6) is 1.11. The monoisotopic (exact) mass is 282 g/mol. The Kier molecular flexibility index (Phi) is 3.62. The van der Waals surface area contributed by atoms with Crippen LogP contribution in [0.25, 0.3) is 0 Å². The highest BCUT2D eigenvalue weighted by atomic mass is 35.5.